The third kappa shape index (κ3) is 4.85. The highest BCUT2D eigenvalue weighted by molar-refractivity contribution is 5.31. The first kappa shape index (κ1) is 14.7. The third-order valence-corrected chi connectivity index (χ3v) is 2.20. The monoisotopic (exact) mass is 254 g/mol. The summed E-state index contributed by atoms with van der Waals surface area (Å²) in [6, 6.07) is 1.67. The highest BCUT2D eigenvalue weighted by Crippen LogP contribution is 2.12. The van der Waals surface area contributed by atoms with E-state index in [1.54, 1.807) is 19.4 Å². The topological polar surface area (TPSA) is 73.5 Å². The fourth-order valence-electron chi connectivity index (χ4n) is 1.52. The lowest BCUT2D eigenvalue weighted by molar-refractivity contribution is 0.181. The molecule has 0 saturated heterocycles. The van der Waals surface area contributed by atoms with Gasteiger partial charge in [0.25, 0.3) is 0 Å². The SMILES string of the molecule is COCC(N)CN(C)c1nccc(OC(C)C)n1. The van der Waals surface area contributed by atoms with E-state index >= 15 is 0 Å². The van der Waals surface area contributed by atoms with Crippen molar-refractivity contribution in [1.82, 2.24) is 9.97 Å². The molecule has 1 aromatic rings. The average Bonchev–Trinajstić information content (AvgIpc) is 2.28. The van der Waals surface area contributed by atoms with Crippen molar-refractivity contribution in [2.24, 2.45) is 5.73 Å². The first-order valence-corrected chi connectivity index (χ1v) is 5.98. The summed E-state index contributed by atoms with van der Waals surface area (Å²) in [5.41, 5.74) is 5.89. The van der Waals surface area contributed by atoms with E-state index in [-0.39, 0.29) is 12.1 Å². The third-order valence-electron chi connectivity index (χ3n) is 2.20. The molecule has 1 heterocycles. The van der Waals surface area contributed by atoms with E-state index in [9.17, 15) is 0 Å². The van der Waals surface area contributed by atoms with Crippen LogP contribution in [0.4, 0.5) is 5.95 Å². The van der Waals surface area contributed by atoms with Gasteiger partial charge in [-0.15, -0.1) is 0 Å². The second kappa shape index (κ2) is 7.13. The van der Waals surface area contributed by atoms with Crippen LogP contribution < -0.4 is 15.4 Å². The summed E-state index contributed by atoms with van der Waals surface area (Å²) in [6.07, 6.45) is 1.77. The predicted molar refractivity (Wildman–Crippen MR) is 70.9 cm³/mol. The van der Waals surface area contributed by atoms with Gasteiger partial charge in [0.2, 0.25) is 11.8 Å². The molecule has 0 saturated carbocycles. The van der Waals surface area contributed by atoms with Crippen molar-refractivity contribution in [2.45, 2.75) is 26.0 Å². The van der Waals surface area contributed by atoms with Gasteiger partial charge in [0.15, 0.2) is 0 Å². The molecule has 18 heavy (non-hydrogen) atoms. The molecule has 0 bridgehead atoms. The molecule has 1 unspecified atom stereocenters. The zero-order valence-electron chi connectivity index (χ0n) is 11.5. The molecule has 0 aromatic carbocycles. The number of nitrogens with zero attached hydrogens (tertiary/aromatic N) is 3. The van der Waals surface area contributed by atoms with Crippen LogP contribution in [0.2, 0.25) is 0 Å². The molecule has 6 heteroatoms. The van der Waals surface area contributed by atoms with E-state index < -0.39 is 0 Å². The summed E-state index contributed by atoms with van der Waals surface area (Å²) in [5, 5.41) is 0. The molecule has 0 aliphatic rings. The summed E-state index contributed by atoms with van der Waals surface area (Å²) < 4.78 is 10.5. The molecule has 1 rings (SSSR count). The Labute approximate surface area is 108 Å². The molecular weight excluding hydrogens is 232 g/mol. The van der Waals surface area contributed by atoms with Gasteiger partial charge in [-0.05, 0) is 13.8 Å². The summed E-state index contributed by atoms with van der Waals surface area (Å²) >= 11 is 0. The van der Waals surface area contributed by atoms with Gasteiger partial charge in [-0.1, -0.05) is 0 Å². The van der Waals surface area contributed by atoms with Crippen LogP contribution in [0.1, 0.15) is 13.8 Å². The Hall–Kier alpha value is -1.40. The normalized spacial score (nSPS) is 12.6. The summed E-state index contributed by atoms with van der Waals surface area (Å²) in [7, 11) is 3.53. The number of nitrogens with two attached hydrogens (primary N) is 1. The number of rotatable bonds is 7. The number of hydrogen-bond acceptors (Lipinski definition) is 6. The van der Waals surface area contributed by atoms with Gasteiger partial charge in [-0.25, -0.2) is 4.98 Å². The van der Waals surface area contributed by atoms with Crippen molar-refractivity contribution in [2.75, 3.05) is 32.2 Å². The lowest BCUT2D eigenvalue weighted by Gasteiger charge is -2.21. The fourth-order valence-corrected chi connectivity index (χ4v) is 1.52. The average molecular weight is 254 g/mol. The zero-order chi connectivity index (χ0) is 13.5. The van der Waals surface area contributed by atoms with E-state index in [2.05, 4.69) is 9.97 Å². The molecule has 2 N–H and O–H groups in total. The molecule has 0 spiro atoms. The highest BCUT2D eigenvalue weighted by atomic mass is 16.5. The summed E-state index contributed by atoms with van der Waals surface area (Å²) in [5.74, 6) is 1.17. The molecule has 0 fully saturated rings. The van der Waals surface area contributed by atoms with Crippen molar-refractivity contribution >= 4 is 5.95 Å². The van der Waals surface area contributed by atoms with Gasteiger partial charge in [-0.2, -0.15) is 4.98 Å². The smallest absolute Gasteiger partial charge is 0.228 e. The highest BCUT2D eigenvalue weighted by Gasteiger charge is 2.11. The lowest BCUT2D eigenvalue weighted by atomic mass is 10.3. The molecule has 102 valence electrons. The largest absolute Gasteiger partial charge is 0.475 e. The molecular formula is C12H22N4O2. The van der Waals surface area contributed by atoms with E-state index in [0.717, 1.165) is 0 Å². The Kier molecular flexibility index (Phi) is 5.80. The molecule has 1 aromatic heterocycles. The molecule has 0 radical (unpaired) electrons. The van der Waals surface area contributed by atoms with Crippen molar-refractivity contribution in [3.63, 3.8) is 0 Å². The van der Waals surface area contributed by atoms with E-state index in [0.29, 0.717) is 25.0 Å². The molecule has 1 atom stereocenters. The maximum atomic E-state index is 5.89. The van der Waals surface area contributed by atoms with Crippen LogP contribution in [0.3, 0.4) is 0 Å². The summed E-state index contributed by atoms with van der Waals surface area (Å²) in [6.45, 7) is 5.05. The standard InChI is InChI=1S/C12H22N4O2/c1-9(2)18-11-5-6-14-12(15-11)16(3)7-10(13)8-17-4/h5-6,9-10H,7-8,13H2,1-4H3. The molecule has 0 amide bonds. The number of methoxy groups -OCH3 is 1. The van der Waals surface area contributed by atoms with Crippen LogP contribution in [0.25, 0.3) is 0 Å². The number of ether oxygens (including phenoxy) is 2. The quantitative estimate of drug-likeness (QED) is 0.771. The number of hydrogen-bond donors (Lipinski definition) is 1. The number of likely N-dealkylation sites (N-methyl/N-ethyl adjacent to an activating group) is 1. The van der Waals surface area contributed by atoms with Gasteiger partial charge in [0.05, 0.1) is 12.7 Å². The second-order valence-electron chi connectivity index (χ2n) is 4.46. The van der Waals surface area contributed by atoms with Crippen LogP contribution in [-0.2, 0) is 4.74 Å². The van der Waals surface area contributed by atoms with Gasteiger partial charge in [0, 0.05) is 39.0 Å². The Morgan fingerprint density at radius 1 is 1.44 bits per heavy atom. The Balaban J connectivity index is 2.64. The van der Waals surface area contributed by atoms with Crippen LogP contribution in [0.15, 0.2) is 12.3 Å². The molecule has 6 nitrogen and oxygen atoms in total. The van der Waals surface area contributed by atoms with E-state index in [1.807, 2.05) is 25.8 Å². The maximum Gasteiger partial charge on any atom is 0.228 e. The van der Waals surface area contributed by atoms with Gasteiger partial charge in [0.1, 0.15) is 0 Å². The van der Waals surface area contributed by atoms with Crippen LogP contribution in [-0.4, -0.2) is 49.4 Å². The second-order valence-corrected chi connectivity index (χ2v) is 4.46. The van der Waals surface area contributed by atoms with Gasteiger partial charge >= 0.3 is 0 Å². The predicted octanol–water partition coefficient (Wildman–Crippen LogP) is 0.674. The minimum absolute atomic E-state index is 0.0710. The zero-order valence-corrected chi connectivity index (χ0v) is 11.5. The number of aromatic nitrogens is 2. The Bertz CT molecular complexity index is 360. The minimum atomic E-state index is -0.0710. The Morgan fingerprint density at radius 3 is 2.78 bits per heavy atom. The maximum absolute atomic E-state index is 5.89. The molecule has 0 aliphatic heterocycles. The van der Waals surface area contributed by atoms with Gasteiger partial charge in [-0.3, -0.25) is 0 Å². The summed E-state index contributed by atoms with van der Waals surface area (Å²) in [4.78, 5) is 10.4. The Morgan fingerprint density at radius 2 is 2.17 bits per heavy atom. The van der Waals surface area contributed by atoms with Crippen LogP contribution in [0, 0.1) is 0 Å². The molecule has 0 aliphatic carbocycles. The fraction of sp³-hybridized carbons (Fsp3) is 0.667. The first-order chi connectivity index (χ1) is 8.52. The number of anilines is 1. The van der Waals surface area contributed by atoms with Gasteiger partial charge < -0.3 is 20.1 Å². The minimum Gasteiger partial charge on any atom is -0.475 e. The first-order valence-electron chi connectivity index (χ1n) is 5.98. The van der Waals surface area contributed by atoms with E-state index in [4.69, 9.17) is 15.2 Å². The van der Waals surface area contributed by atoms with Crippen LogP contribution >= 0.6 is 0 Å². The lowest BCUT2D eigenvalue weighted by Crippen LogP contribution is -2.39. The van der Waals surface area contributed by atoms with Crippen LogP contribution in [0.5, 0.6) is 5.88 Å². The van der Waals surface area contributed by atoms with Crippen molar-refractivity contribution < 1.29 is 9.47 Å². The van der Waals surface area contributed by atoms with Crippen molar-refractivity contribution in [3.05, 3.63) is 12.3 Å². The van der Waals surface area contributed by atoms with Crippen molar-refractivity contribution in [3.8, 4) is 5.88 Å². The van der Waals surface area contributed by atoms with E-state index in [1.165, 1.54) is 0 Å². The van der Waals surface area contributed by atoms with Crippen molar-refractivity contribution in [1.29, 1.82) is 0 Å².